The molecule has 33 heavy (non-hydrogen) atoms. The number of rotatable bonds is 8. The molecule has 0 saturated carbocycles. The fourth-order valence-corrected chi connectivity index (χ4v) is 4.66. The normalized spacial score (nSPS) is 22.5. The number of hydrogen-bond acceptors (Lipinski definition) is 6. The molecule has 7 nitrogen and oxygen atoms in total. The van der Waals surface area contributed by atoms with Crippen molar-refractivity contribution < 1.29 is 19.0 Å². The predicted octanol–water partition coefficient (Wildman–Crippen LogP) is 4.22. The van der Waals surface area contributed by atoms with Crippen LogP contribution in [0.5, 0.6) is 5.75 Å². The van der Waals surface area contributed by atoms with E-state index in [1.54, 1.807) is 7.11 Å². The highest BCUT2D eigenvalue weighted by Crippen LogP contribution is 2.30. The zero-order valence-corrected chi connectivity index (χ0v) is 19.9. The first-order valence-electron chi connectivity index (χ1n) is 11.8. The number of ether oxygens (including phenoxy) is 3. The van der Waals surface area contributed by atoms with Crippen LogP contribution >= 0.6 is 0 Å². The molecule has 178 valence electrons. The Morgan fingerprint density at radius 1 is 1.03 bits per heavy atom. The first-order valence-corrected chi connectivity index (χ1v) is 11.8. The molecule has 3 aliphatic rings. The number of methoxy groups -OCH3 is 1. The van der Waals surface area contributed by atoms with Crippen molar-refractivity contribution in [3.8, 4) is 16.9 Å². The molecule has 2 bridgehead atoms. The summed E-state index contributed by atoms with van der Waals surface area (Å²) in [5.74, 6) is 1.29. The van der Waals surface area contributed by atoms with Crippen LogP contribution in [-0.4, -0.2) is 62.0 Å². The Morgan fingerprint density at radius 3 is 2.39 bits per heavy atom. The van der Waals surface area contributed by atoms with E-state index in [0.717, 1.165) is 61.5 Å². The van der Waals surface area contributed by atoms with Crippen molar-refractivity contribution in [1.29, 1.82) is 0 Å². The zero-order chi connectivity index (χ0) is 23.3. The van der Waals surface area contributed by atoms with Gasteiger partial charge in [0.25, 0.3) is 0 Å². The number of pyridine rings is 1. The van der Waals surface area contributed by atoms with E-state index in [9.17, 15) is 4.79 Å². The highest BCUT2D eigenvalue weighted by molar-refractivity contribution is 5.69. The number of aromatic nitrogens is 1. The summed E-state index contributed by atoms with van der Waals surface area (Å²) in [6.07, 6.45) is 4.63. The van der Waals surface area contributed by atoms with Gasteiger partial charge in [0.05, 0.1) is 17.8 Å². The van der Waals surface area contributed by atoms with Gasteiger partial charge in [-0.05, 0) is 75.9 Å². The van der Waals surface area contributed by atoms with Crippen LogP contribution in [0.1, 0.15) is 38.8 Å². The molecule has 1 aromatic carbocycles. The third kappa shape index (κ3) is 6.03. The minimum atomic E-state index is -0.638. The van der Waals surface area contributed by atoms with Crippen molar-refractivity contribution in [2.24, 2.45) is 5.92 Å². The maximum absolute atomic E-state index is 12.7. The second kappa shape index (κ2) is 10.5. The summed E-state index contributed by atoms with van der Waals surface area (Å²) >= 11 is 0. The molecule has 1 N–H and O–H groups in total. The summed E-state index contributed by atoms with van der Waals surface area (Å²) in [6, 6.07) is 11.9. The molecular weight excluding hydrogens is 418 g/mol. The van der Waals surface area contributed by atoms with E-state index >= 15 is 0 Å². The molecule has 5 rings (SSSR count). The molecule has 0 aliphatic carbocycles. The molecule has 7 heteroatoms. The lowest BCUT2D eigenvalue weighted by molar-refractivity contribution is 0.0512. The molecule has 0 spiro atoms. The topological polar surface area (TPSA) is 72.9 Å². The Balaban J connectivity index is 1.34. The number of piperidine rings is 1. The van der Waals surface area contributed by atoms with Crippen LogP contribution in [0.15, 0.2) is 42.6 Å². The Bertz CT molecular complexity index is 906. The molecule has 1 aromatic heterocycles. The SMILES string of the molecule is COCCOc1ccc(-c2ccc(C(C)(C)NC(=O)OC3CCN4CCC3CC4)nc2)cc1. The molecule has 3 fully saturated rings. The lowest BCUT2D eigenvalue weighted by Crippen LogP contribution is -2.44. The number of alkyl carbamates (subject to hydrolysis) is 1. The van der Waals surface area contributed by atoms with Gasteiger partial charge in [-0.2, -0.15) is 0 Å². The van der Waals surface area contributed by atoms with E-state index in [1.807, 2.05) is 56.4 Å². The molecular formula is C26H35N3O4. The molecule has 4 heterocycles. The standard InChI is InChI=1S/C26H35N3O4/c1-26(2,28-25(30)33-23-12-15-29-13-10-20(23)11-14-29)24-9-6-21(18-27-24)19-4-7-22(8-5-19)32-17-16-31-3/h4-9,18,20,23H,10-17H2,1-3H3,(H,28,30). The van der Waals surface area contributed by atoms with E-state index in [1.165, 1.54) is 0 Å². The molecule has 0 radical (unpaired) electrons. The van der Waals surface area contributed by atoms with Gasteiger partial charge in [0.1, 0.15) is 18.5 Å². The molecule has 1 atom stereocenters. The average molecular weight is 454 g/mol. The van der Waals surface area contributed by atoms with Crippen molar-refractivity contribution in [2.75, 3.05) is 40.0 Å². The summed E-state index contributed by atoms with van der Waals surface area (Å²) in [6.45, 7) is 8.25. The van der Waals surface area contributed by atoms with Gasteiger partial charge in [0, 0.05) is 25.4 Å². The maximum Gasteiger partial charge on any atom is 0.408 e. The van der Waals surface area contributed by atoms with E-state index < -0.39 is 5.54 Å². The van der Waals surface area contributed by atoms with Crippen LogP contribution in [0.2, 0.25) is 0 Å². The number of hydrogen-bond donors (Lipinski definition) is 1. The summed E-state index contributed by atoms with van der Waals surface area (Å²) in [5, 5.41) is 3.03. The second-order valence-corrected chi connectivity index (χ2v) is 9.46. The summed E-state index contributed by atoms with van der Waals surface area (Å²) in [5.41, 5.74) is 2.21. The highest BCUT2D eigenvalue weighted by atomic mass is 16.6. The van der Waals surface area contributed by atoms with Crippen molar-refractivity contribution in [1.82, 2.24) is 15.2 Å². The van der Waals surface area contributed by atoms with Crippen molar-refractivity contribution in [2.45, 2.75) is 44.8 Å². The fourth-order valence-electron chi connectivity index (χ4n) is 4.66. The summed E-state index contributed by atoms with van der Waals surface area (Å²) < 4.78 is 16.5. The van der Waals surface area contributed by atoms with Gasteiger partial charge in [-0.25, -0.2) is 4.79 Å². The van der Waals surface area contributed by atoms with Crippen LogP contribution in [0.4, 0.5) is 4.79 Å². The van der Waals surface area contributed by atoms with Crippen molar-refractivity contribution >= 4 is 6.09 Å². The van der Waals surface area contributed by atoms with E-state index in [4.69, 9.17) is 14.2 Å². The van der Waals surface area contributed by atoms with Crippen molar-refractivity contribution in [3.05, 3.63) is 48.3 Å². The van der Waals surface area contributed by atoms with Gasteiger partial charge in [0.2, 0.25) is 0 Å². The Kier molecular flexibility index (Phi) is 7.50. The van der Waals surface area contributed by atoms with Crippen LogP contribution < -0.4 is 10.1 Å². The van der Waals surface area contributed by atoms with Crippen LogP contribution in [-0.2, 0) is 15.0 Å². The van der Waals surface area contributed by atoms with Gasteiger partial charge in [0.15, 0.2) is 0 Å². The minimum Gasteiger partial charge on any atom is -0.491 e. The van der Waals surface area contributed by atoms with Crippen LogP contribution in [0.25, 0.3) is 11.1 Å². The fraction of sp³-hybridized carbons (Fsp3) is 0.538. The molecule has 3 saturated heterocycles. The lowest BCUT2D eigenvalue weighted by atomic mass is 9.93. The van der Waals surface area contributed by atoms with E-state index in [2.05, 4.69) is 15.2 Å². The second-order valence-electron chi connectivity index (χ2n) is 9.46. The number of nitrogens with zero attached hydrogens (tertiary/aromatic N) is 2. The maximum atomic E-state index is 12.7. The first kappa shape index (κ1) is 23.5. The number of fused-ring (bicyclic) bond motifs is 4. The lowest BCUT2D eigenvalue weighted by Gasteiger charge is -2.30. The van der Waals surface area contributed by atoms with Gasteiger partial charge >= 0.3 is 6.09 Å². The summed E-state index contributed by atoms with van der Waals surface area (Å²) in [7, 11) is 1.66. The van der Waals surface area contributed by atoms with Gasteiger partial charge < -0.3 is 24.4 Å². The third-order valence-corrected chi connectivity index (χ3v) is 6.71. The number of benzene rings is 1. The zero-order valence-electron chi connectivity index (χ0n) is 19.9. The number of carbonyl (C=O) groups excluding carboxylic acids is 1. The Morgan fingerprint density at radius 2 is 1.73 bits per heavy atom. The van der Waals surface area contributed by atoms with Crippen molar-refractivity contribution in [3.63, 3.8) is 0 Å². The largest absolute Gasteiger partial charge is 0.491 e. The molecule has 2 aromatic rings. The smallest absolute Gasteiger partial charge is 0.408 e. The van der Waals surface area contributed by atoms with Crippen LogP contribution in [0, 0.1) is 5.92 Å². The molecule has 1 unspecified atom stereocenters. The number of carbonyl (C=O) groups is 1. The molecule has 3 aliphatic heterocycles. The van der Waals surface area contributed by atoms with Gasteiger partial charge in [-0.1, -0.05) is 18.2 Å². The van der Waals surface area contributed by atoms with Crippen LogP contribution in [0.3, 0.4) is 0 Å². The quantitative estimate of drug-likeness (QED) is 0.604. The third-order valence-electron chi connectivity index (χ3n) is 6.71. The predicted molar refractivity (Wildman–Crippen MR) is 127 cm³/mol. The summed E-state index contributed by atoms with van der Waals surface area (Å²) in [4.78, 5) is 19.8. The van der Waals surface area contributed by atoms with Gasteiger partial charge in [-0.3, -0.25) is 4.98 Å². The highest BCUT2D eigenvalue weighted by Gasteiger charge is 2.34. The Labute approximate surface area is 196 Å². The molecule has 1 amide bonds. The Hall–Kier alpha value is -2.64. The van der Waals surface area contributed by atoms with Gasteiger partial charge in [-0.15, -0.1) is 0 Å². The van der Waals surface area contributed by atoms with E-state index in [0.29, 0.717) is 19.1 Å². The average Bonchev–Trinajstić information content (AvgIpc) is 3.12. The monoisotopic (exact) mass is 453 g/mol. The number of nitrogens with one attached hydrogen (secondary N) is 1. The minimum absolute atomic E-state index is 0.00471. The van der Waals surface area contributed by atoms with E-state index in [-0.39, 0.29) is 12.2 Å². The number of amides is 1. The first-order chi connectivity index (χ1) is 15.9.